The van der Waals surface area contributed by atoms with Crippen molar-refractivity contribution in [3.05, 3.63) is 23.8 Å². The van der Waals surface area contributed by atoms with E-state index in [1.54, 1.807) is 20.8 Å². The molecule has 1 aromatic rings. The molecular weight excluding hydrogens is 312 g/mol. The second-order valence-electron chi connectivity index (χ2n) is 6.91. The molecule has 0 aromatic heterocycles. The average Bonchev–Trinajstić information content (AvgIpc) is 2.85. The number of carbonyl (C=O) groups excluding carboxylic acids is 2. The number of alkyl carbamates (subject to hydrolysis) is 1. The minimum Gasteiger partial charge on any atom is -0.486 e. The normalized spacial score (nSPS) is 22.7. The van der Waals surface area contributed by atoms with Gasteiger partial charge in [0.25, 0.3) is 0 Å². The molecule has 2 aliphatic heterocycles. The summed E-state index contributed by atoms with van der Waals surface area (Å²) in [6.07, 6.45) is -0.329. The van der Waals surface area contributed by atoms with Crippen LogP contribution in [0.3, 0.4) is 0 Å². The van der Waals surface area contributed by atoms with Gasteiger partial charge in [-0.1, -0.05) is 6.07 Å². The largest absolute Gasteiger partial charge is 0.486 e. The fourth-order valence-electron chi connectivity index (χ4n) is 2.81. The third kappa shape index (κ3) is 3.72. The van der Waals surface area contributed by atoms with Gasteiger partial charge in [-0.15, -0.1) is 0 Å². The molecule has 1 aromatic carbocycles. The highest BCUT2D eigenvalue weighted by atomic mass is 16.6. The van der Waals surface area contributed by atoms with Gasteiger partial charge in [-0.3, -0.25) is 4.79 Å². The summed E-state index contributed by atoms with van der Waals surface area (Å²) in [6.45, 7) is 6.40. The fraction of sp³-hybridized carbons (Fsp3) is 0.529. The number of ether oxygens (including phenoxy) is 3. The molecule has 0 radical (unpaired) electrons. The number of hydrogen-bond donors (Lipinski definition) is 2. The minimum atomic E-state index is -0.591. The van der Waals surface area contributed by atoms with Crippen LogP contribution >= 0.6 is 0 Å². The molecule has 2 atom stereocenters. The number of rotatable bonds is 2. The Balaban J connectivity index is 1.75. The Labute approximate surface area is 140 Å². The highest BCUT2D eigenvalue weighted by Gasteiger charge is 2.36. The van der Waals surface area contributed by atoms with E-state index in [0.29, 0.717) is 24.7 Å². The monoisotopic (exact) mass is 334 g/mol. The molecule has 0 bridgehead atoms. The van der Waals surface area contributed by atoms with Gasteiger partial charge in [-0.2, -0.15) is 0 Å². The number of carbonyl (C=O) groups is 2. The molecule has 0 saturated carbocycles. The van der Waals surface area contributed by atoms with Gasteiger partial charge in [-0.05, 0) is 38.5 Å². The molecule has 2 aliphatic rings. The van der Waals surface area contributed by atoms with Crippen LogP contribution in [0.4, 0.5) is 4.79 Å². The Bertz CT molecular complexity index is 653. The van der Waals surface area contributed by atoms with Crippen LogP contribution < -0.4 is 20.1 Å². The zero-order valence-electron chi connectivity index (χ0n) is 14.0. The van der Waals surface area contributed by atoms with Crippen LogP contribution in [0.5, 0.6) is 11.5 Å². The summed E-state index contributed by atoms with van der Waals surface area (Å²) in [5, 5.41) is 5.67. The van der Waals surface area contributed by atoms with E-state index in [1.807, 2.05) is 18.2 Å². The second kappa shape index (κ2) is 6.22. The van der Waals surface area contributed by atoms with E-state index in [0.717, 1.165) is 5.56 Å². The molecule has 2 amide bonds. The molecule has 0 aliphatic carbocycles. The van der Waals surface area contributed by atoms with Crippen molar-refractivity contribution in [1.29, 1.82) is 0 Å². The van der Waals surface area contributed by atoms with Gasteiger partial charge in [0.15, 0.2) is 11.5 Å². The molecule has 7 nitrogen and oxygen atoms in total. The van der Waals surface area contributed by atoms with Gasteiger partial charge in [0.2, 0.25) is 5.91 Å². The first kappa shape index (κ1) is 16.4. The summed E-state index contributed by atoms with van der Waals surface area (Å²) in [5.74, 6) is 1.22. The lowest BCUT2D eigenvalue weighted by atomic mass is 10.0. The molecule has 2 N–H and O–H groups in total. The Morgan fingerprint density at radius 2 is 1.96 bits per heavy atom. The van der Waals surface area contributed by atoms with Crippen LogP contribution in [-0.2, 0) is 9.53 Å². The number of fused-ring (bicyclic) bond motifs is 1. The fourth-order valence-corrected chi connectivity index (χ4v) is 2.81. The van der Waals surface area contributed by atoms with Crippen LogP contribution in [0, 0.1) is 0 Å². The van der Waals surface area contributed by atoms with Crippen molar-refractivity contribution in [2.75, 3.05) is 13.2 Å². The molecule has 1 saturated heterocycles. The molecule has 0 unspecified atom stereocenters. The second-order valence-corrected chi connectivity index (χ2v) is 6.91. The van der Waals surface area contributed by atoms with Gasteiger partial charge >= 0.3 is 6.09 Å². The van der Waals surface area contributed by atoms with Crippen molar-refractivity contribution in [3.63, 3.8) is 0 Å². The summed E-state index contributed by atoms with van der Waals surface area (Å²) in [6, 6.07) is 4.82. The molecular formula is C17H22N2O5. The maximum Gasteiger partial charge on any atom is 0.407 e. The highest BCUT2D eigenvalue weighted by Crippen LogP contribution is 2.35. The van der Waals surface area contributed by atoms with E-state index in [9.17, 15) is 9.59 Å². The third-order valence-electron chi connectivity index (χ3n) is 3.75. The number of hydrogen-bond acceptors (Lipinski definition) is 5. The molecule has 3 rings (SSSR count). The lowest BCUT2D eigenvalue weighted by Gasteiger charge is -2.25. The van der Waals surface area contributed by atoms with Gasteiger partial charge < -0.3 is 24.8 Å². The van der Waals surface area contributed by atoms with E-state index >= 15 is 0 Å². The van der Waals surface area contributed by atoms with Gasteiger partial charge in [-0.25, -0.2) is 4.79 Å². The molecule has 0 spiro atoms. The van der Waals surface area contributed by atoms with Crippen LogP contribution in [0.15, 0.2) is 18.2 Å². The molecule has 130 valence electrons. The lowest BCUT2D eigenvalue weighted by molar-refractivity contribution is -0.119. The van der Waals surface area contributed by atoms with Crippen molar-refractivity contribution in [2.45, 2.75) is 44.9 Å². The van der Waals surface area contributed by atoms with E-state index in [4.69, 9.17) is 14.2 Å². The summed E-state index contributed by atoms with van der Waals surface area (Å²) >= 11 is 0. The first-order valence-corrected chi connectivity index (χ1v) is 8.00. The first-order chi connectivity index (χ1) is 11.3. The van der Waals surface area contributed by atoms with E-state index in [-0.39, 0.29) is 24.4 Å². The Hall–Kier alpha value is -2.44. The van der Waals surface area contributed by atoms with Gasteiger partial charge in [0.1, 0.15) is 18.8 Å². The summed E-state index contributed by atoms with van der Waals surface area (Å²) in [7, 11) is 0. The highest BCUT2D eigenvalue weighted by molar-refractivity contribution is 5.81. The van der Waals surface area contributed by atoms with E-state index in [1.165, 1.54) is 0 Å². The zero-order chi connectivity index (χ0) is 17.3. The maximum absolute atomic E-state index is 12.0. The zero-order valence-corrected chi connectivity index (χ0v) is 14.0. The van der Waals surface area contributed by atoms with Crippen molar-refractivity contribution >= 4 is 12.0 Å². The Kier molecular flexibility index (Phi) is 4.26. The third-order valence-corrected chi connectivity index (χ3v) is 3.75. The van der Waals surface area contributed by atoms with Crippen molar-refractivity contribution in [3.8, 4) is 11.5 Å². The van der Waals surface area contributed by atoms with Crippen LogP contribution in [0.2, 0.25) is 0 Å². The molecule has 7 heteroatoms. The van der Waals surface area contributed by atoms with E-state index in [2.05, 4.69) is 10.6 Å². The van der Waals surface area contributed by atoms with Crippen molar-refractivity contribution in [1.82, 2.24) is 10.6 Å². The number of nitrogens with one attached hydrogen (secondary N) is 2. The quantitative estimate of drug-likeness (QED) is 0.863. The minimum absolute atomic E-state index is 0.115. The van der Waals surface area contributed by atoms with Crippen molar-refractivity contribution < 1.29 is 23.8 Å². The average molecular weight is 334 g/mol. The SMILES string of the molecule is CC(C)(C)OC(=O)N[C@@H]1CC(=O)N[C@H]1c1ccc2c(c1)OCCO2. The Morgan fingerprint density at radius 1 is 1.25 bits per heavy atom. The maximum atomic E-state index is 12.0. The van der Waals surface area contributed by atoms with Crippen LogP contribution in [0.1, 0.15) is 38.8 Å². The number of benzene rings is 1. The topological polar surface area (TPSA) is 85.9 Å². The molecule has 1 fully saturated rings. The van der Waals surface area contributed by atoms with E-state index < -0.39 is 11.7 Å². The smallest absolute Gasteiger partial charge is 0.407 e. The lowest BCUT2D eigenvalue weighted by Crippen LogP contribution is -2.41. The standard InChI is InChI=1S/C17H22N2O5/c1-17(2,3)24-16(21)18-11-9-14(20)19-15(11)10-4-5-12-13(8-10)23-7-6-22-12/h4-5,8,11,15H,6-7,9H2,1-3H3,(H,18,21)(H,19,20)/t11-,15+/m1/s1. The first-order valence-electron chi connectivity index (χ1n) is 8.00. The van der Waals surface area contributed by atoms with Crippen LogP contribution in [-0.4, -0.2) is 36.9 Å². The summed E-state index contributed by atoms with van der Waals surface area (Å²) in [4.78, 5) is 23.8. The van der Waals surface area contributed by atoms with Gasteiger partial charge in [0, 0.05) is 6.42 Å². The van der Waals surface area contributed by atoms with Gasteiger partial charge in [0.05, 0.1) is 12.1 Å². The number of amides is 2. The summed E-state index contributed by atoms with van der Waals surface area (Å²) < 4.78 is 16.4. The van der Waals surface area contributed by atoms with Crippen molar-refractivity contribution in [2.24, 2.45) is 0 Å². The van der Waals surface area contributed by atoms with Crippen LogP contribution in [0.25, 0.3) is 0 Å². The molecule has 24 heavy (non-hydrogen) atoms. The predicted molar refractivity (Wildman–Crippen MR) is 86.1 cm³/mol. The predicted octanol–water partition coefficient (Wildman–Crippen LogP) is 1.91. The summed E-state index contributed by atoms with van der Waals surface area (Å²) in [5.41, 5.74) is 0.262. The molecule has 2 heterocycles. The Morgan fingerprint density at radius 3 is 2.67 bits per heavy atom.